The monoisotopic (exact) mass is 192 g/mol. The van der Waals surface area contributed by atoms with Crippen molar-refractivity contribution in [3.8, 4) is 0 Å². The first-order valence-electron chi connectivity index (χ1n) is 4.95. The van der Waals surface area contributed by atoms with E-state index in [1.807, 2.05) is 19.9 Å². The third kappa shape index (κ3) is 0.715. The van der Waals surface area contributed by atoms with Crippen molar-refractivity contribution in [1.82, 2.24) is 0 Å². The SMILES string of the molecule is CO/C=C1\C=C[C@@]2(C)[C@H](C)C(=O)[C@@]12C. The minimum absolute atomic E-state index is 0.00551. The lowest BCUT2D eigenvalue weighted by Gasteiger charge is -2.55. The van der Waals surface area contributed by atoms with E-state index in [4.69, 9.17) is 4.74 Å². The van der Waals surface area contributed by atoms with E-state index in [0.29, 0.717) is 5.78 Å². The van der Waals surface area contributed by atoms with Gasteiger partial charge in [0.1, 0.15) is 5.78 Å². The van der Waals surface area contributed by atoms with E-state index in [9.17, 15) is 4.79 Å². The van der Waals surface area contributed by atoms with Crippen LogP contribution in [0.25, 0.3) is 0 Å². The quantitative estimate of drug-likeness (QED) is 0.596. The Labute approximate surface area is 84.6 Å². The summed E-state index contributed by atoms with van der Waals surface area (Å²) >= 11 is 0. The summed E-state index contributed by atoms with van der Waals surface area (Å²) in [6, 6.07) is 0. The third-order valence-electron chi connectivity index (χ3n) is 4.29. The van der Waals surface area contributed by atoms with E-state index in [0.717, 1.165) is 5.57 Å². The zero-order chi connectivity index (χ0) is 10.6. The molecule has 0 aliphatic heterocycles. The molecule has 1 fully saturated rings. The van der Waals surface area contributed by atoms with E-state index in [1.54, 1.807) is 13.4 Å². The number of ketones is 1. The molecule has 0 N–H and O–H groups in total. The average molecular weight is 192 g/mol. The summed E-state index contributed by atoms with van der Waals surface area (Å²) < 4.78 is 5.01. The molecular weight excluding hydrogens is 176 g/mol. The Morgan fingerprint density at radius 3 is 2.71 bits per heavy atom. The molecule has 2 heteroatoms. The number of rotatable bonds is 1. The van der Waals surface area contributed by atoms with Gasteiger partial charge in [-0.25, -0.2) is 0 Å². The fourth-order valence-corrected chi connectivity index (χ4v) is 2.80. The summed E-state index contributed by atoms with van der Waals surface area (Å²) in [7, 11) is 1.62. The van der Waals surface area contributed by atoms with Gasteiger partial charge in [0.25, 0.3) is 0 Å². The second-order valence-corrected chi connectivity index (χ2v) is 4.64. The van der Waals surface area contributed by atoms with Crippen LogP contribution in [0, 0.1) is 16.7 Å². The molecule has 1 saturated carbocycles. The first kappa shape index (κ1) is 9.50. The fourth-order valence-electron chi connectivity index (χ4n) is 2.80. The molecule has 2 nitrogen and oxygen atoms in total. The average Bonchev–Trinajstić information content (AvgIpc) is 2.41. The van der Waals surface area contributed by atoms with E-state index < -0.39 is 0 Å². The van der Waals surface area contributed by atoms with Gasteiger partial charge in [0.15, 0.2) is 0 Å². The molecule has 0 aromatic rings. The second-order valence-electron chi connectivity index (χ2n) is 4.64. The molecule has 0 heterocycles. The largest absolute Gasteiger partial charge is 0.504 e. The van der Waals surface area contributed by atoms with Gasteiger partial charge in [0.2, 0.25) is 0 Å². The lowest BCUT2D eigenvalue weighted by atomic mass is 9.45. The summed E-state index contributed by atoms with van der Waals surface area (Å²) in [6.45, 7) is 6.16. The fraction of sp³-hybridized carbons (Fsp3) is 0.583. The van der Waals surface area contributed by atoms with Crippen molar-refractivity contribution in [3.63, 3.8) is 0 Å². The van der Waals surface area contributed by atoms with E-state index in [2.05, 4.69) is 13.0 Å². The molecule has 0 unspecified atom stereocenters. The van der Waals surface area contributed by atoms with Crippen LogP contribution in [-0.2, 0) is 9.53 Å². The van der Waals surface area contributed by atoms with Crippen LogP contribution in [-0.4, -0.2) is 12.9 Å². The summed E-state index contributed by atoms with van der Waals surface area (Å²) in [5.74, 6) is 0.458. The molecule has 2 aliphatic carbocycles. The minimum atomic E-state index is -0.345. The summed E-state index contributed by atoms with van der Waals surface area (Å²) in [5, 5.41) is 0. The van der Waals surface area contributed by atoms with Gasteiger partial charge < -0.3 is 4.74 Å². The summed E-state index contributed by atoms with van der Waals surface area (Å²) in [4.78, 5) is 11.9. The Hall–Kier alpha value is -1.05. The zero-order valence-electron chi connectivity index (χ0n) is 9.13. The van der Waals surface area contributed by atoms with E-state index >= 15 is 0 Å². The Kier molecular flexibility index (Phi) is 1.70. The molecule has 0 radical (unpaired) electrons. The van der Waals surface area contributed by atoms with Crippen molar-refractivity contribution in [3.05, 3.63) is 24.0 Å². The number of Topliss-reactive ketones (excluding diaryl/α,β-unsaturated/α-hetero) is 1. The van der Waals surface area contributed by atoms with Crippen molar-refractivity contribution in [2.45, 2.75) is 20.8 Å². The van der Waals surface area contributed by atoms with Gasteiger partial charge in [-0.15, -0.1) is 0 Å². The lowest BCUT2D eigenvalue weighted by molar-refractivity contribution is -0.155. The Balaban J connectivity index is 2.47. The smallest absolute Gasteiger partial charge is 0.147 e. The number of carbonyl (C=O) groups is 1. The molecule has 0 bridgehead atoms. The lowest BCUT2D eigenvalue weighted by Crippen LogP contribution is -2.60. The second kappa shape index (κ2) is 2.50. The van der Waals surface area contributed by atoms with Crippen LogP contribution in [0.1, 0.15) is 20.8 Å². The maximum Gasteiger partial charge on any atom is 0.147 e. The molecular formula is C12H16O2. The molecule has 0 aromatic heterocycles. The topological polar surface area (TPSA) is 26.3 Å². The van der Waals surface area contributed by atoms with Crippen LogP contribution < -0.4 is 0 Å². The van der Waals surface area contributed by atoms with Crippen LogP contribution in [0.3, 0.4) is 0 Å². The molecule has 14 heavy (non-hydrogen) atoms. The van der Waals surface area contributed by atoms with Gasteiger partial charge in [-0.05, 0) is 6.92 Å². The predicted octanol–water partition coefficient (Wildman–Crippen LogP) is 2.32. The number of carbonyl (C=O) groups excluding carboxylic acids is 1. The van der Waals surface area contributed by atoms with Crippen molar-refractivity contribution < 1.29 is 9.53 Å². The van der Waals surface area contributed by atoms with E-state index in [-0.39, 0.29) is 16.7 Å². The summed E-state index contributed by atoms with van der Waals surface area (Å²) in [6.07, 6.45) is 5.85. The molecule has 0 aromatic carbocycles. The molecule has 76 valence electrons. The highest BCUT2D eigenvalue weighted by atomic mass is 16.5. The van der Waals surface area contributed by atoms with Gasteiger partial charge in [-0.2, -0.15) is 0 Å². The van der Waals surface area contributed by atoms with Crippen LogP contribution in [0.5, 0.6) is 0 Å². The molecule has 2 rings (SSSR count). The van der Waals surface area contributed by atoms with Crippen molar-refractivity contribution in [1.29, 1.82) is 0 Å². The van der Waals surface area contributed by atoms with Crippen molar-refractivity contribution in [2.75, 3.05) is 7.11 Å². The maximum absolute atomic E-state index is 11.9. The van der Waals surface area contributed by atoms with Gasteiger partial charge in [-0.1, -0.05) is 26.0 Å². The van der Waals surface area contributed by atoms with Gasteiger partial charge in [-0.3, -0.25) is 4.79 Å². The van der Waals surface area contributed by atoms with Gasteiger partial charge in [0, 0.05) is 16.9 Å². The predicted molar refractivity (Wildman–Crippen MR) is 54.6 cm³/mol. The zero-order valence-corrected chi connectivity index (χ0v) is 9.13. The first-order chi connectivity index (χ1) is 6.48. The highest BCUT2D eigenvalue weighted by molar-refractivity contribution is 6.00. The molecule has 3 atom stereocenters. The number of hydrogen-bond acceptors (Lipinski definition) is 2. The number of fused-ring (bicyclic) bond motifs is 1. The van der Waals surface area contributed by atoms with Gasteiger partial charge in [0.05, 0.1) is 18.8 Å². The minimum Gasteiger partial charge on any atom is -0.504 e. The third-order valence-corrected chi connectivity index (χ3v) is 4.29. The van der Waals surface area contributed by atoms with Crippen LogP contribution in [0.15, 0.2) is 24.0 Å². The Morgan fingerprint density at radius 2 is 2.14 bits per heavy atom. The highest BCUT2D eigenvalue weighted by Gasteiger charge is 2.67. The molecule has 0 spiro atoms. The Morgan fingerprint density at radius 1 is 1.50 bits per heavy atom. The van der Waals surface area contributed by atoms with Crippen molar-refractivity contribution >= 4 is 5.78 Å². The normalized spacial score (nSPS) is 47.9. The summed E-state index contributed by atoms with van der Waals surface area (Å²) in [5.41, 5.74) is 0.655. The standard InChI is InChI=1S/C12H16O2/c1-8-10(13)12(3)9(7-14-4)5-6-11(8,12)2/h5-8H,1-4H3/b9-7+/t8-,11+,12-/m1/s1. The van der Waals surface area contributed by atoms with Crippen LogP contribution >= 0.6 is 0 Å². The van der Waals surface area contributed by atoms with Gasteiger partial charge >= 0.3 is 0 Å². The highest BCUT2D eigenvalue weighted by Crippen LogP contribution is 2.65. The van der Waals surface area contributed by atoms with Crippen LogP contribution in [0.2, 0.25) is 0 Å². The Bertz CT molecular complexity index is 353. The number of methoxy groups -OCH3 is 1. The number of ether oxygens (including phenoxy) is 1. The van der Waals surface area contributed by atoms with E-state index in [1.165, 1.54) is 0 Å². The molecule has 2 aliphatic rings. The number of allylic oxidation sites excluding steroid dienone is 3. The molecule has 0 saturated heterocycles. The number of hydrogen-bond donors (Lipinski definition) is 0. The van der Waals surface area contributed by atoms with Crippen LogP contribution in [0.4, 0.5) is 0 Å². The van der Waals surface area contributed by atoms with Crippen molar-refractivity contribution in [2.24, 2.45) is 16.7 Å². The molecule has 0 amide bonds. The first-order valence-corrected chi connectivity index (χ1v) is 4.95. The maximum atomic E-state index is 11.9.